The molecule has 1 aromatic heterocycles. The number of hydrogen-bond acceptors (Lipinski definition) is 8. The summed E-state index contributed by atoms with van der Waals surface area (Å²) in [6.07, 6.45) is 0.150. The maximum atomic E-state index is 12.6. The lowest BCUT2D eigenvalue weighted by atomic mass is 10.0. The van der Waals surface area contributed by atoms with Crippen LogP contribution in [0.4, 0.5) is 5.95 Å². The normalized spacial score (nSPS) is 20.8. The first kappa shape index (κ1) is 19.3. The van der Waals surface area contributed by atoms with Gasteiger partial charge in [-0.1, -0.05) is 42.1 Å². The van der Waals surface area contributed by atoms with E-state index >= 15 is 0 Å². The standard InChI is InChI=1S/C17H16N6O4S2/c18-16-20-17(22-21-16)29-9-7-28-14-11(13(25)23(14)12(9)15(26)27)19-10(24)6-8-4-2-1-3-5-8/h1-5,11,14H,6-7H2,(H,19,24)(H,26,27)(H3,18,20,21,22)/t11-,14+/m1/s1. The van der Waals surface area contributed by atoms with Gasteiger partial charge in [-0.25, -0.2) is 4.79 Å². The Hall–Kier alpha value is -2.99. The first-order chi connectivity index (χ1) is 13.9. The van der Waals surface area contributed by atoms with Gasteiger partial charge in [-0.3, -0.25) is 14.5 Å². The van der Waals surface area contributed by atoms with E-state index in [1.807, 2.05) is 30.3 Å². The first-order valence-corrected chi connectivity index (χ1v) is 10.4. The number of fused-ring (bicyclic) bond motifs is 1. The number of nitrogen functional groups attached to an aromatic ring is 1. The van der Waals surface area contributed by atoms with Crippen LogP contribution in [0.2, 0.25) is 0 Å². The number of nitrogens with two attached hydrogens (primary N) is 1. The number of aromatic nitrogens is 3. The van der Waals surface area contributed by atoms with E-state index in [1.165, 1.54) is 16.7 Å². The number of H-pyrrole nitrogens is 1. The smallest absolute Gasteiger partial charge is 0.353 e. The fourth-order valence-electron chi connectivity index (χ4n) is 3.10. The summed E-state index contributed by atoms with van der Waals surface area (Å²) in [5.74, 6) is -1.48. The molecule has 0 bridgehead atoms. The van der Waals surface area contributed by atoms with Gasteiger partial charge in [0.1, 0.15) is 17.1 Å². The highest BCUT2D eigenvalue weighted by Gasteiger charge is 2.54. The summed E-state index contributed by atoms with van der Waals surface area (Å²) in [4.78, 5) is 41.2. The highest BCUT2D eigenvalue weighted by molar-refractivity contribution is 8.06. The second-order valence-electron chi connectivity index (χ2n) is 6.31. The van der Waals surface area contributed by atoms with E-state index in [0.717, 1.165) is 17.3 Å². The van der Waals surface area contributed by atoms with Crippen molar-refractivity contribution in [1.82, 2.24) is 25.4 Å². The van der Waals surface area contributed by atoms with Crippen molar-refractivity contribution >= 4 is 47.3 Å². The Labute approximate surface area is 173 Å². The van der Waals surface area contributed by atoms with Crippen molar-refractivity contribution in [3.05, 3.63) is 46.5 Å². The lowest BCUT2D eigenvalue weighted by molar-refractivity contribution is -0.150. The van der Waals surface area contributed by atoms with E-state index in [-0.39, 0.29) is 24.0 Å². The van der Waals surface area contributed by atoms with Gasteiger partial charge in [0.2, 0.25) is 11.9 Å². The molecule has 1 fully saturated rings. The molecular weight excluding hydrogens is 416 g/mol. The Bertz CT molecular complexity index is 1010. The SMILES string of the molecule is Nc1nnc(SC2=C(C(=O)O)N3C(=O)[C@@H](NC(=O)Cc4ccccc4)[C@@H]3SC2)[nH]1. The maximum absolute atomic E-state index is 12.6. The number of carboxylic acid groups (broad SMARTS) is 1. The molecule has 0 spiro atoms. The maximum Gasteiger partial charge on any atom is 0.353 e. The van der Waals surface area contributed by atoms with Gasteiger partial charge >= 0.3 is 5.97 Å². The molecule has 5 N–H and O–H groups in total. The summed E-state index contributed by atoms with van der Waals surface area (Å²) in [7, 11) is 0. The van der Waals surface area contributed by atoms with Crippen molar-refractivity contribution in [2.24, 2.45) is 0 Å². The van der Waals surface area contributed by atoms with Gasteiger partial charge in [0.05, 0.1) is 6.42 Å². The number of benzene rings is 1. The van der Waals surface area contributed by atoms with Crippen molar-refractivity contribution in [1.29, 1.82) is 0 Å². The molecule has 0 radical (unpaired) electrons. The van der Waals surface area contributed by atoms with Crippen molar-refractivity contribution < 1.29 is 19.5 Å². The minimum absolute atomic E-state index is 0.104. The summed E-state index contributed by atoms with van der Waals surface area (Å²) in [6.45, 7) is 0. The number of rotatable bonds is 6. The van der Waals surface area contributed by atoms with Gasteiger partial charge in [0.25, 0.3) is 5.91 Å². The van der Waals surface area contributed by atoms with Crippen LogP contribution in [0.25, 0.3) is 0 Å². The largest absolute Gasteiger partial charge is 0.477 e. The summed E-state index contributed by atoms with van der Waals surface area (Å²) in [5.41, 5.74) is 6.23. The van der Waals surface area contributed by atoms with Crippen LogP contribution in [-0.4, -0.2) is 60.1 Å². The molecule has 0 saturated carbocycles. The topological polar surface area (TPSA) is 154 Å². The third-order valence-corrected chi connectivity index (χ3v) is 6.79. The fourth-order valence-corrected chi connectivity index (χ4v) is 5.48. The molecule has 2 aromatic rings. The van der Waals surface area contributed by atoms with E-state index in [1.54, 1.807) is 0 Å². The minimum atomic E-state index is -1.22. The Balaban J connectivity index is 1.47. The van der Waals surface area contributed by atoms with E-state index in [2.05, 4.69) is 20.5 Å². The summed E-state index contributed by atoms with van der Waals surface area (Å²) in [6, 6.07) is 8.43. The van der Waals surface area contributed by atoms with Gasteiger partial charge in [-0.05, 0) is 5.56 Å². The number of carbonyl (C=O) groups excluding carboxylic acids is 2. The molecule has 4 rings (SSSR count). The Morgan fingerprint density at radius 2 is 2.10 bits per heavy atom. The number of thioether (sulfide) groups is 2. The number of nitrogens with zero attached hydrogens (tertiary/aromatic N) is 3. The molecule has 12 heteroatoms. The van der Waals surface area contributed by atoms with Crippen molar-refractivity contribution in [3.8, 4) is 0 Å². The van der Waals surface area contributed by atoms with E-state index in [0.29, 0.717) is 15.8 Å². The van der Waals surface area contributed by atoms with Crippen molar-refractivity contribution in [3.63, 3.8) is 0 Å². The highest BCUT2D eigenvalue weighted by Crippen LogP contribution is 2.44. The van der Waals surface area contributed by atoms with Gasteiger partial charge in [0.15, 0.2) is 5.16 Å². The van der Waals surface area contributed by atoms with Crippen molar-refractivity contribution in [2.45, 2.75) is 23.0 Å². The molecule has 0 unspecified atom stereocenters. The average Bonchev–Trinajstić information content (AvgIpc) is 3.11. The van der Waals surface area contributed by atoms with Crippen LogP contribution in [0.15, 0.2) is 46.1 Å². The zero-order valence-corrected chi connectivity index (χ0v) is 16.5. The molecule has 2 atom stereocenters. The predicted molar refractivity (Wildman–Crippen MR) is 106 cm³/mol. The van der Waals surface area contributed by atoms with Crippen LogP contribution < -0.4 is 11.1 Å². The van der Waals surface area contributed by atoms with Crippen LogP contribution >= 0.6 is 23.5 Å². The van der Waals surface area contributed by atoms with Crippen molar-refractivity contribution in [2.75, 3.05) is 11.5 Å². The summed E-state index contributed by atoms with van der Waals surface area (Å²) < 4.78 is 0. The highest BCUT2D eigenvalue weighted by atomic mass is 32.2. The zero-order chi connectivity index (χ0) is 20.5. The molecule has 2 amide bonds. The number of carbonyl (C=O) groups is 3. The molecular formula is C17H16N6O4S2. The van der Waals surface area contributed by atoms with Crippen LogP contribution in [0.1, 0.15) is 5.56 Å². The molecule has 1 saturated heterocycles. The molecule has 150 valence electrons. The number of amides is 2. The second kappa shape index (κ2) is 7.79. The predicted octanol–water partition coefficient (Wildman–Crippen LogP) is 0.418. The number of aliphatic carboxylic acids is 1. The quantitative estimate of drug-likeness (QED) is 0.475. The Morgan fingerprint density at radius 1 is 1.34 bits per heavy atom. The molecule has 2 aliphatic heterocycles. The lowest BCUT2D eigenvalue weighted by Crippen LogP contribution is -2.70. The number of β-lactam (4-membered cyclic amide) rings is 1. The van der Waals surface area contributed by atoms with Gasteiger partial charge in [0, 0.05) is 10.7 Å². The minimum Gasteiger partial charge on any atom is -0.477 e. The molecule has 2 aliphatic rings. The fraction of sp³-hybridized carbons (Fsp3) is 0.235. The van der Waals surface area contributed by atoms with Gasteiger partial charge in [-0.2, -0.15) is 0 Å². The first-order valence-electron chi connectivity index (χ1n) is 8.54. The molecule has 3 heterocycles. The van der Waals surface area contributed by atoms with Gasteiger partial charge < -0.3 is 21.1 Å². The molecule has 10 nitrogen and oxygen atoms in total. The van der Waals surface area contributed by atoms with E-state index < -0.39 is 23.3 Å². The third kappa shape index (κ3) is 3.80. The van der Waals surface area contributed by atoms with E-state index in [4.69, 9.17) is 5.73 Å². The molecule has 0 aliphatic carbocycles. The molecule has 29 heavy (non-hydrogen) atoms. The number of hydrogen-bond donors (Lipinski definition) is 4. The molecule has 1 aromatic carbocycles. The van der Waals surface area contributed by atoms with Crippen LogP contribution in [0.5, 0.6) is 0 Å². The summed E-state index contributed by atoms with van der Waals surface area (Å²) >= 11 is 2.45. The number of aromatic amines is 1. The second-order valence-corrected chi connectivity index (χ2v) is 8.50. The number of carboxylic acids is 1. The van der Waals surface area contributed by atoms with Crippen LogP contribution in [0.3, 0.4) is 0 Å². The zero-order valence-electron chi connectivity index (χ0n) is 14.9. The average molecular weight is 432 g/mol. The van der Waals surface area contributed by atoms with Gasteiger partial charge in [-0.15, -0.1) is 22.0 Å². The summed E-state index contributed by atoms with van der Waals surface area (Å²) in [5, 5.41) is 19.7. The van der Waals surface area contributed by atoms with Crippen LogP contribution in [-0.2, 0) is 20.8 Å². The monoisotopic (exact) mass is 432 g/mol. The number of anilines is 1. The Morgan fingerprint density at radius 3 is 2.76 bits per heavy atom. The Kier molecular flexibility index (Phi) is 5.20. The number of nitrogens with one attached hydrogen (secondary N) is 2. The van der Waals surface area contributed by atoms with E-state index in [9.17, 15) is 19.5 Å². The lowest BCUT2D eigenvalue weighted by Gasteiger charge is -2.49. The third-order valence-electron chi connectivity index (χ3n) is 4.36. The van der Waals surface area contributed by atoms with Crippen LogP contribution in [0, 0.1) is 0 Å².